The fourth-order valence-corrected chi connectivity index (χ4v) is 3.86. The van der Waals surface area contributed by atoms with Crippen LogP contribution in [0.4, 0.5) is 5.69 Å². The molecule has 126 valence electrons. The van der Waals surface area contributed by atoms with Gasteiger partial charge in [-0.1, -0.05) is 47.1 Å². The first kappa shape index (κ1) is 16.5. The van der Waals surface area contributed by atoms with Crippen molar-refractivity contribution in [3.05, 3.63) is 64.3 Å². The molecule has 2 heterocycles. The second kappa shape index (κ2) is 6.75. The third-order valence-corrected chi connectivity index (χ3v) is 5.63. The molecule has 1 aliphatic heterocycles. The highest BCUT2D eigenvalue weighted by Gasteiger charge is 2.15. The van der Waals surface area contributed by atoms with E-state index in [2.05, 4.69) is 21.1 Å². The number of carbonyl (C=O) groups is 1. The number of halogens is 2. The summed E-state index contributed by atoms with van der Waals surface area (Å²) in [6.07, 6.45) is 2.07. The van der Waals surface area contributed by atoms with E-state index in [-0.39, 0.29) is 5.91 Å². The SMILES string of the molecule is O=C(Nc1ccc(-c2cn3c(n2)SCC3)cc1)c1ccc(Cl)c(Cl)c1. The number of carbonyl (C=O) groups excluding carboxylic acids is 1. The summed E-state index contributed by atoms with van der Waals surface area (Å²) in [7, 11) is 0. The number of imidazole rings is 1. The topological polar surface area (TPSA) is 46.9 Å². The number of thioether (sulfide) groups is 1. The van der Waals surface area contributed by atoms with Crippen LogP contribution in [0, 0.1) is 0 Å². The summed E-state index contributed by atoms with van der Waals surface area (Å²) in [4.78, 5) is 16.9. The van der Waals surface area contributed by atoms with Crippen molar-refractivity contribution < 1.29 is 4.79 Å². The molecule has 1 amide bonds. The van der Waals surface area contributed by atoms with E-state index >= 15 is 0 Å². The van der Waals surface area contributed by atoms with Crippen LogP contribution < -0.4 is 5.32 Å². The third kappa shape index (κ3) is 3.40. The molecule has 0 atom stereocenters. The number of hydrogen-bond donors (Lipinski definition) is 1. The summed E-state index contributed by atoms with van der Waals surface area (Å²) >= 11 is 13.6. The molecule has 0 unspecified atom stereocenters. The van der Waals surface area contributed by atoms with Crippen LogP contribution in [-0.4, -0.2) is 21.2 Å². The van der Waals surface area contributed by atoms with Gasteiger partial charge in [0.05, 0.1) is 15.7 Å². The minimum absolute atomic E-state index is 0.233. The van der Waals surface area contributed by atoms with E-state index in [0.29, 0.717) is 21.3 Å². The Labute approximate surface area is 159 Å². The lowest BCUT2D eigenvalue weighted by Gasteiger charge is -2.07. The third-order valence-electron chi connectivity index (χ3n) is 3.92. The fourth-order valence-electron chi connectivity index (χ4n) is 2.61. The Balaban J connectivity index is 1.49. The maximum Gasteiger partial charge on any atom is 0.255 e. The molecule has 0 aliphatic carbocycles. The van der Waals surface area contributed by atoms with Gasteiger partial charge < -0.3 is 9.88 Å². The number of nitrogens with one attached hydrogen (secondary N) is 1. The summed E-state index contributed by atoms with van der Waals surface area (Å²) in [5, 5.41) is 4.69. The van der Waals surface area contributed by atoms with E-state index in [9.17, 15) is 4.79 Å². The van der Waals surface area contributed by atoms with Crippen LogP contribution in [0.25, 0.3) is 11.3 Å². The largest absolute Gasteiger partial charge is 0.325 e. The zero-order chi connectivity index (χ0) is 17.4. The van der Waals surface area contributed by atoms with Crippen LogP contribution in [0.1, 0.15) is 10.4 Å². The summed E-state index contributed by atoms with van der Waals surface area (Å²) in [6.45, 7) is 1.00. The standard InChI is InChI=1S/C18H13Cl2N3OS/c19-14-6-3-12(9-15(14)20)17(24)21-13-4-1-11(2-5-13)16-10-23-7-8-25-18(23)22-16/h1-6,9-10H,7-8H2,(H,21,24). The lowest BCUT2D eigenvalue weighted by atomic mass is 10.1. The molecule has 0 radical (unpaired) electrons. The Hall–Kier alpha value is -1.95. The van der Waals surface area contributed by atoms with E-state index in [1.165, 1.54) is 0 Å². The Morgan fingerprint density at radius 2 is 1.92 bits per heavy atom. The van der Waals surface area contributed by atoms with Crippen molar-refractivity contribution in [2.45, 2.75) is 11.7 Å². The average molecular weight is 390 g/mol. The molecule has 3 aromatic rings. The first-order valence-electron chi connectivity index (χ1n) is 7.67. The predicted molar refractivity (Wildman–Crippen MR) is 103 cm³/mol. The molecular weight excluding hydrogens is 377 g/mol. The van der Waals surface area contributed by atoms with Crippen molar-refractivity contribution in [2.75, 3.05) is 11.1 Å². The molecule has 1 aromatic heterocycles. The van der Waals surface area contributed by atoms with Gasteiger partial charge in [-0.05, 0) is 30.3 Å². The molecule has 0 spiro atoms. The van der Waals surface area contributed by atoms with Crippen LogP contribution in [0.2, 0.25) is 10.0 Å². The second-order valence-electron chi connectivity index (χ2n) is 5.61. The molecule has 0 bridgehead atoms. The van der Waals surface area contributed by atoms with E-state index in [1.807, 2.05) is 24.3 Å². The molecule has 4 rings (SSSR count). The molecule has 1 aliphatic rings. The van der Waals surface area contributed by atoms with Gasteiger partial charge in [0.1, 0.15) is 0 Å². The van der Waals surface area contributed by atoms with E-state index in [0.717, 1.165) is 28.7 Å². The maximum atomic E-state index is 12.3. The van der Waals surface area contributed by atoms with Crippen LogP contribution in [-0.2, 0) is 6.54 Å². The van der Waals surface area contributed by atoms with E-state index in [1.54, 1.807) is 30.0 Å². The highest BCUT2D eigenvalue weighted by atomic mass is 35.5. The van der Waals surface area contributed by atoms with Crippen LogP contribution in [0.5, 0.6) is 0 Å². The minimum Gasteiger partial charge on any atom is -0.325 e. The van der Waals surface area contributed by atoms with Gasteiger partial charge in [-0.3, -0.25) is 4.79 Å². The summed E-state index contributed by atoms with van der Waals surface area (Å²) < 4.78 is 2.17. The lowest BCUT2D eigenvalue weighted by molar-refractivity contribution is 0.102. The summed E-state index contributed by atoms with van der Waals surface area (Å²) in [5.74, 6) is 0.853. The first-order valence-corrected chi connectivity index (χ1v) is 9.41. The van der Waals surface area contributed by atoms with Crippen LogP contribution in [0.15, 0.2) is 53.8 Å². The number of aryl methyl sites for hydroxylation is 1. The second-order valence-corrected chi connectivity index (χ2v) is 7.49. The molecular formula is C18H13Cl2N3OS. The number of fused-ring (bicyclic) bond motifs is 1. The molecule has 25 heavy (non-hydrogen) atoms. The van der Waals surface area contributed by atoms with Gasteiger partial charge in [-0.2, -0.15) is 0 Å². The molecule has 1 N–H and O–H groups in total. The van der Waals surface area contributed by atoms with Gasteiger partial charge >= 0.3 is 0 Å². The van der Waals surface area contributed by atoms with E-state index < -0.39 is 0 Å². The van der Waals surface area contributed by atoms with E-state index in [4.69, 9.17) is 23.2 Å². The molecule has 0 saturated heterocycles. The fraction of sp³-hybridized carbons (Fsp3) is 0.111. The van der Waals surface area contributed by atoms with Crippen molar-refractivity contribution >= 4 is 46.6 Å². The van der Waals surface area contributed by atoms with Gasteiger partial charge in [0, 0.05) is 35.3 Å². The zero-order valence-electron chi connectivity index (χ0n) is 13.0. The number of benzene rings is 2. The van der Waals surface area contributed by atoms with Gasteiger partial charge in [-0.15, -0.1) is 0 Å². The minimum atomic E-state index is -0.233. The number of rotatable bonds is 3. The van der Waals surface area contributed by atoms with Crippen molar-refractivity contribution in [1.82, 2.24) is 9.55 Å². The molecule has 0 fully saturated rings. The Bertz CT molecular complexity index is 932. The highest BCUT2D eigenvalue weighted by molar-refractivity contribution is 7.99. The average Bonchev–Trinajstić information content (AvgIpc) is 3.20. The van der Waals surface area contributed by atoms with Gasteiger partial charge in [0.25, 0.3) is 5.91 Å². The highest BCUT2D eigenvalue weighted by Crippen LogP contribution is 2.29. The van der Waals surface area contributed by atoms with Crippen LogP contribution >= 0.6 is 35.0 Å². The quantitative estimate of drug-likeness (QED) is 0.668. The Morgan fingerprint density at radius 1 is 1.12 bits per heavy atom. The number of anilines is 1. The number of aromatic nitrogens is 2. The number of hydrogen-bond acceptors (Lipinski definition) is 3. The maximum absolute atomic E-state index is 12.3. The zero-order valence-corrected chi connectivity index (χ0v) is 15.3. The molecule has 4 nitrogen and oxygen atoms in total. The Morgan fingerprint density at radius 3 is 2.64 bits per heavy atom. The van der Waals surface area contributed by atoms with Gasteiger partial charge in [0.15, 0.2) is 5.16 Å². The van der Waals surface area contributed by atoms with Crippen LogP contribution in [0.3, 0.4) is 0 Å². The number of amides is 1. The smallest absolute Gasteiger partial charge is 0.255 e. The molecule has 7 heteroatoms. The first-order chi connectivity index (χ1) is 12.1. The Kier molecular flexibility index (Phi) is 4.46. The normalized spacial score (nSPS) is 12.9. The van der Waals surface area contributed by atoms with Crippen molar-refractivity contribution in [1.29, 1.82) is 0 Å². The van der Waals surface area contributed by atoms with Crippen molar-refractivity contribution in [3.8, 4) is 11.3 Å². The molecule has 0 saturated carbocycles. The summed E-state index contributed by atoms with van der Waals surface area (Å²) in [5.41, 5.74) is 3.14. The lowest BCUT2D eigenvalue weighted by Crippen LogP contribution is -2.11. The van der Waals surface area contributed by atoms with Crippen molar-refractivity contribution in [3.63, 3.8) is 0 Å². The van der Waals surface area contributed by atoms with Crippen molar-refractivity contribution in [2.24, 2.45) is 0 Å². The monoisotopic (exact) mass is 389 g/mol. The summed E-state index contributed by atoms with van der Waals surface area (Å²) in [6, 6.07) is 12.4. The molecule has 2 aromatic carbocycles. The number of nitrogens with zero attached hydrogens (tertiary/aromatic N) is 2. The predicted octanol–water partition coefficient (Wildman–Crippen LogP) is 5.21. The van der Waals surface area contributed by atoms with Gasteiger partial charge in [0.2, 0.25) is 0 Å². The van der Waals surface area contributed by atoms with Gasteiger partial charge in [-0.25, -0.2) is 4.98 Å².